The van der Waals surface area contributed by atoms with E-state index in [0.717, 1.165) is 18.5 Å². The van der Waals surface area contributed by atoms with Crippen LogP contribution in [0.1, 0.15) is 57.4 Å². The molecule has 0 amide bonds. The quantitative estimate of drug-likeness (QED) is 0.493. The van der Waals surface area contributed by atoms with E-state index in [0.29, 0.717) is 0 Å². The summed E-state index contributed by atoms with van der Waals surface area (Å²) in [6, 6.07) is 1.74. The molecule has 0 spiro atoms. The van der Waals surface area contributed by atoms with Gasteiger partial charge in [0.05, 0.1) is 0 Å². The van der Waals surface area contributed by atoms with Gasteiger partial charge in [0.15, 0.2) is 0 Å². The fraction of sp³-hybridized carbons (Fsp3) is 0.667. The van der Waals surface area contributed by atoms with E-state index >= 15 is 0 Å². The summed E-state index contributed by atoms with van der Waals surface area (Å²) < 4.78 is 3.02. The topological polar surface area (TPSA) is 22.0 Å². The SMILES string of the molecule is CCCCCCCCCn1cc(I)c(C)cc1=O. The van der Waals surface area contributed by atoms with Crippen molar-refractivity contribution < 1.29 is 0 Å². The summed E-state index contributed by atoms with van der Waals surface area (Å²) in [5, 5.41) is 0. The van der Waals surface area contributed by atoms with E-state index in [1.807, 2.05) is 17.7 Å². The summed E-state index contributed by atoms with van der Waals surface area (Å²) in [7, 11) is 0. The zero-order chi connectivity index (χ0) is 13.4. The first-order chi connectivity index (χ1) is 8.65. The first kappa shape index (κ1) is 15.7. The highest BCUT2D eigenvalue weighted by Crippen LogP contribution is 2.10. The number of rotatable bonds is 8. The lowest BCUT2D eigenvalue weighted by Gasteiger charge is -2.07. The maximum absolute atomic E-state index is 11.8. The van der Waals surface area contributed by atoms with E-state index in [1.165, 1.54) is 42.1 Å². The normalized spacial score (nSPS) is 10.8. The lowest BCUT2D eigenvalue weighted by Crippen LogP contribution is -2.19. The summed E-state index contributed by atoms with van der Waals surface area (Å²) in [6.45, 7) is 5.09. The molecule has 0 aliphatic heterocycles. The van der Waals surface area contributed by atoms with Gasteiger partial charge in [0.1, 0.15) is 0 Å². The van der Waals surface area contributed by atoms with Crippen LogP contribution < -0.4 is 5.56 Å². The summed E-state index contributed by atoms with van der Waals surface area (Å²) in [6.07, 6.45) is 11.0. The second-order valence-corrected chi connectivity index (χ2v) is 6.12. The summed E-state index contributed by atoms with van der Waals surface area (Å²) in [5.74, 6) is 0. The molecule has 0 saturated carbocycles. The zero-order valence-electron chi connectivity index (χ0n) is 11.5. The molecule has 0 bridgehead atoms. The predicted octanol–water partition coefficient (Wildman–Crippen LogP) is 4.51. The number of aryl methyl sites for hydroxylation is 2. The average Bonchev–Trinajstić information content (AvgIpc) is 2.34. The molecule has 1 rings (SSSR count). The molecule has 3 heteroatoms. The Morgan fingerprint density at radius 1 is 1.11 bits per heavy atom. The van der Waals surface area contributed by atoms with Crippen LogP contribution in [0.25, 0.3) is 0 Å². The predicted molar refractivity (Wildman–Crippen MR) is 86.1 cm³/mol. The van der Waals surface area contributed by atoms with Crippen LogP contribution in [-0.4, -0.2) is 4.57 Å². The van der Waals surface area contributed by atoms with Crippen LogP contribution in [0.3, 0.4) is 0 Å². The summed E-state index contributed by atoms with van der Waals surface area (Å²) >= 11 is 2.29. The highest BCUT2D eigenvalue weighted by Gasteiger charge is 2.00. The van der Waals surface area contributed by atoms with Gasteiger partial charge in [-0.3, -0.25) is 4.79 Å². The molecule has 0 N–H and O–H groups in total. The van der Waals surface area contributed by atoms with Crippen LogP contribution in [0.2, 0.25) is 0 Å². The summed E-state index contributed by atoms with van der Waals surface area (Å²) in [4.78, 5) is 11.8. The Labute approximate surface area is 124 Å². The Kier molecular flexibility index (Phi) is 7.63. The maximum atomic E-state index is 11.8. The highest BCUT2D eigenvalue weighted by molar-refractivity contribution is 14.1. The van der Waals surface area contributed by atoms with Crippen molar-refractivity contribution in [3.63, 3.8) is 0 Å². The molecule has 1 heterocycles. The number of hydrogen-bond acceptors (Lipinski definition) is 1. The number of pyridine rings is 1. The van der Waals surface area contributed by atoms with Crippen LogP contribution in [-0.2, 0) is 6.54 Å². The first-order valence-corrected chi connectivity index (χ1v) is 8.09. The van der Waals surface area contributed by atoms with Crippen molar-refractivity contribution in [3.8, 4) is 0 Å². The molecule has 0 unspecified atom stereocenters. The number of hydrogen-bond donors (Lipinski definition) is 0. The van der Waals surface area contributed by atoms with Crippen LogP contribution in [0, 0.1) is 10.5 Å². The van der Waals surface area contributed by atoms with Crippen LogP contribution in [0.5, 0.6) is 0 Å². The van der Waals surface area contributed by atoms with E-state index in [2.05, 4.69) is 29.5 Å². The van der Waals surface area contributed by atoms with Crippen molar-refractivity contribution >= 4 is 22.6 Å². The van der Waals surface area contributed by atoms with Gasteiger partial charge in [-0.15, -0.1) is 0 Å². The Morgan fingerprint density at radius 2 is 1.72 bits per heavy atom. The van der Waals surface area contributed by atoms with Gasteiger partial charge in [-0.25, -0.2) is 0 Å². The number of aromatic nitrogens is 1. The third-order valence-corrected chi connectivity index (χ3v) is 4.40. The first-order valence-electron chi connectivity index (χ1n) is 7.01. The molecule has 0 aliphatic carbocycles. The maximum Gasteiger partial charge on any atom is 0.250 e. The molecule has 18 heavy (non-hydrogen) atoms. The Hall–Kier alpha value is -0.320. The van der Waals surface area contributed by atoms with Crippen molar-refractivity contribution in [3.05, 3.63) is 31.8 Å². The standard InChI is InChI=1S/C15H24INO/c1-3-4-5-6-7-8-9-10-17-12-14(16)13(2)11-15(17)18/h11-12H,3-10H2,1-2H3. The second kappa shape index (κ2) is 8.73. The molecule has 1 aromatic rings. The molecule has 0 fully saturated rings. The molecule has 0 atom stereocenters. The van der Waals surface area contributed by atoms with Gasteiger partial charge in [0, 0.05) is 22.4 Å². The minimum absolute atomic E-state index is 0.138. The molecule has 0 aromatic carbocycles. The smallest absolute Gasteiger partial charge is 0.250 e. The molecular formula is C15H24INO. The third-order valence-electron chi connectivity index (χ3n) is 3.27. The summed E-state index contributed by atoms with van der Waals surface area (Å²) in [5.41, 5.74) is 1.22. The van der Waals surface area contributed by atoms with E-state index in [-0.39, 0.29) is 5.56 Å². The molecule has 1 aromatic heterocycles. The van der Waals surface area contributed by atoms with Crippen LogP contribution in [0.4, 0.5) is 0 Å². The lowest BCUT2D eigenvalue weighted by atomic mass is 10.1. The molecule has 0 saturated heterocycles. The molecule has 102 valence electrons. The van der Waals surface area contributed by atoms with Gasteiger partial charge < -0.3 is 4.57 Å². The number of unbranched alkanes of at least 4 members (excludes halogenated alkanes) is 6. The Morgan fingerprint density at radius 3 is 2.39 bits per heavy atom. The fourth-order valence-electron chi connectivity index (χ4n) is 2.05. The number of nitrogens with zero attached hydrogens (tertiary/aromatic N) is 1. The van der Waals surface area contributed by atoms with E-state index in [9.17, 15) is 4.79 Å². The Balaban J connectivity index is 2.27. The monoisotopic (exact) mass is 361 g/mol. The van der Waals surface area contributed by atoms with Crippen molar-refractivity contribution in [2.24, 2.45) is 0 Å². The Bertz CT molecular complexity index is 411. The lowest BCUT2D eigenvalue weighted by molar-refractivity contribution is 0.542. The minimum Gasteiger partial charge on any atom is -0.314 e. The zero-order valence-corrected chi connectivity index (χ0v) is 13.7. The average molecular weight is 361 g/mol. The van der Waals surface area contributed by atoms with E-state index < -0.39 is 0 Å². The molecular weight excluding hydrogens is 337 g/mol. The van der Waals surface area contributed by atoms with Crippen molar-refractivity contribution in [2.75, 3.05) is 0 Å². The van der Waals surface area contributed by atoms with Crippen molar-refractivity contribution in [2.45, 2.75) is 65.3 Å². The van der Waals surface area contributed by atoms with Gasteiger partial charge in [0.25, 0.3) is 5.56 Å². The van der Waals surface area contributed by atoms with Gasteiger partial charge in [-0.2, -0.15) is 0 Å². The molecule has 0 radical (unpaired) electrons. The highest BCUT2D eigenvalue weighted by atomic mass is 127. The molecule has 0 aliphatic rings. The van der Waals surface area contributed by atoms with Crippen LogP contribution in [0.15, 0.2) is 17.1 Å². The van der Waals surface area contributed by atoms with Gasteiger partial charge in [0.2, 0.25) is 0 Å². The van der Waals surface area contributed by atoms with Gasteiger partial charge in [-0.1, -0.05) is 45.4 Å². The molecule has 2 nitrogen and oxygen atoms in total. The third kappa shape index (κ3) is 5.55. The largest absolute Gasteiger partial charge is 0.314 e. The fourth-order valence-corrected chi connectivity index (χ4v) is 2.55. The van der Waals surface area contributed by atoms with E-state index in [1.54, 1.807) is 6.07 Å². The van der Waals surface area contributed by atoms with Crippen molar-refractivity contribution in [1.82, 2.24) is 4.57 Å². The second-order valence-electron chi connectivity index (χ2n) is 4.96. The van der Waals surface area contributed by atoms with Crippen LogP contribution >= 0.6 is 22.6 Å². The van der Waals surface area contributed by atoms with E-state index in [4.69, 9.17) is 0 Å². The van der Waals surface area contributed by atoms with Gasteiger partial charge in [-0.05, 0) is 41.5 Å². The minimum atomic E-state index is 0.138. The van der Waals surface area contributed by atoms with Crippen molar-refractivity contribution in [1.29, 1.82) is 0 Å². The number of halogens is 1. The van der Waals surface area contributed by atoms with Gasteiger partial charge >= 0.3 is 0 Å².